The Morgan fingerprint density at radius 1 is 1.10 bits per heavy atom. The van der Waals surface area contributed by atoms with Crippen molar-refractivity contribution in [2.75, 3.05) is 25.5 Å². The van der Waals surface area contributed by atoms with E-state index in [1.165, 1.54) is 11.6 Å². The lowest BCUT2D eigenvalue weighted by Gasteiger charge is -2.17. The van der Waals surface area contributed by atoms with Crippen molar-refractivity contribution < 1.29 is 4.39 Å². The zero-order valence-electron chi connectivity index (χ0n) is 11.4. The molecule has 2 nitrogen and oxygen atoms in total. The summed E-state index contributed by atoms with van der Waals surface area (Å²) in [7, 11) is 2.04. The average molecular weight is 293 g/mol. The van der Waals surface area contributed by atoms with Crippen molar-refractivity contribution in [1.29, 1.82) is 0 Å². The lowest BCUT2D eigenvalue weighted by Crippen LogP contribution is -2.25. The number of likely N-dealkylation sites (N-methyl/N-ethyl adjacent to an activating group) is 1. The molecule has 20 heavy (non-hydrogen) atoms. The van der Waals surface area contributed by atoms with Gasteiger partial charge in [-0.15, -0.1) is 0 Å². The van der Waals surface area contributed by atoms with Crippen molar-refractivity contribution in [2.24, 2.45) is 0 Å². The molecule has 0 aliphatic rings. The summed E-state index contributed by atoms with van der Waals surface area (Å²) in [6.45, 7) is 2.37. The quantitative estimate of drug-likeness (QED) is 0.865. The molecular formula is C16H18ClFN2. The Hall–Kier alpha value is -1.58. The maximum Gasteiger partial charge on any atom is 0.146 e. The van der Waals surface area contributed by atoms with E-state index in [9.17, 15) is 4.39 Å². The summed E-state index contributed by atoms with van der Waals surface area (Å²) in [5, 5.41) is 3.85. The van der Waals surface area contributed by atoms with E-state index in [0.717, 1.165) is 18.1 Å². The number of hydrogen-bond acceptors (Lipinski definition) is 2. The van der Waals surface area contributed by atoms with Gasteiger partial charge in [0.1, 0.15) is 5.82 Å². The van der Waals surface area contributed by atoms with E-state index in [0.29, 0.717) is 12.2 Å². The van der Waals surface area contributed by atoms with Crippen LogP contribution in [0.4, 0.5) is 10.1 Å². The number of nitrogens with one attached hydrogen (secondary N) is 1. The first-order chi connectivity index (χ1) is 9.65. The summed E-state index contributed by atoms with van der Waals surface area (Å²) < 4.78 is 13.4. The largest absolute Gasteiger partial charge is 0.381 e. The highest BCUT2D eigenvalue weighted by Crippen LogP contribution is 2.12. The second kappa shape index (κ2) is 7.27. The van der Waals surface area contributed by atoms with E-state index >= 15 is 0 Å². The standard InChI is InChI=1S/C16H18ClFN2/c1-20(12-13-6-8-14(17)9-7-13)11-10-19-16-5-3-2-4-15(16)18/h2-9,19H,10-12H2,1H3. The summed E-state index contributed by atoms with van der Waals surface area (Å²) in [5.74, 6) is -0.215. The number of rotatable bonds is 6. The van der Waals surface area contributed by atoms with Crippen molar-refractivity contribution in [2.45, 2.75) is 6.54 Å². The lowest BCUT2D eigenvalue weighted by molar-refractivity contribution is 0.340. The van der Waals surface area contributed by atoms with Gasteiger partial charge in [-0.3, -0.25) is 0 Å². The van der Waals surface area contributed by atoms with Crippen LogP contribution in [0.5, 0.6) is 0 Å². The molecule has 0 atom stereocenters. The molecule has 0 aliphatic heterocycles. The smallest absolute Gasteiger partial charge is 0.146 e. The first-order valence-corrected chi connectivity index (χ1v) is 6.94. The number of benzene rings is 2. The molecule has 0 bridgehead atoms. The van der Waals surface area contributed by atoms with Crippen LogP contribution in [0.15, 0.2) is 48.5 Å². The monoisotopic (exact) mass is 292 g/mol. The summed E-state index contributed by atoms with van der Waals surface area (Å²) in [5.41, 5.74) is 1.76. The molecule has 0 fully saturated rings. The van der Waals surface area contributed by atoms with Gasteiger partial charge < -0.3 is 10.2 Å². The second-order valence-corrected chi connectivity index (χ2v) is 5.21. The molecule has 1 N–H and O–H groups in total. The van der Waals surface area contributed by atoms with E-state index in [4.69, 9.17) is 11.6 Å². The number of para-hydroxylation sites is 1. The van der Waals surface area contributed by atoms with Crippen LogP contribution < -0.4 is 5.32 Å². The van der Waals surface area contributed by atoms with Gasteiger partial charge in [-0.05, 0) is 36.9 Å². The number of nitrogens with zero attached hydrogens (tertiary/aromatic N) is 1. The van der Waals surface area contributed by atoms with Gasteiger partial charge >= 0.3 is 0 Å². The van der Waals surface area contributed by atoms with Crippen molar-refractivity contribution in [3.05, 3.63) is 64.9 Å². The maximum atomic E-state index is 13.4. The number of halogens is 2. The van der Waals surface area contributed by atoms with Crippen LogP contribution in [-0.4, -0.2) is 25.0 Å². The van der Waals surface area contributed by atoms with Gasteiger partial charge in [0.25, 0.3) is 0 Å². The topological polar surface area (TPSA) is 15.3 Å². The zero-order chi connectivity index (χ0) is 14.4. The molecule has 2 rings (SSSR count). The molecule has 106 valence electrons. The molecule has 0 saturated carbocycles. The number of hydrogen-bond donors (Lipinski definition) is 1. The molecule has 0 saturated heterocycles. The van der Waals surface area contributed by atoms with E-state index in [-0.39, 0.29) is 5.82 Å². The molecule has 0 aliphatic carbocycles. The van der Waals surface area contributed by atoms with Crippen molar-refractivity contribution in [1.82, 2.24) is 4.90 Å². The summed E-state index contributed by atoms with van der Waals surface area (Å²) in [6.07, 6.45) is 0. The zero-order valence-corrected chi connectivity index (χ0v) is 12.2. The molecule has 0 spiro atoms. The molecule has 2 aromatic carbocycles. The van der Waals surface area contributed by atoms with Crippen LogP contribution in [-0.2, 0) is 6.54 Å². The normalized spacial score (nSPS) is 10.8. The Morgan fingerprint density at radius 2 is 1.80 bits per heavy atom. The Balaban J connectivity index is 1.76. The third-order valence-corrected chi connectivity index (χ3v) is 3.30. The first-order valence-electron chi connectivity index (χ1n) is 6.56. The minimum atomic E-state index is -0.215. The summed E-state index contributed by atoms with van der Waals surface area (Å²) in [4.78, 5) is 2.18. The lowest BCUT2D eigenvalue weighted by atomic mass is 10.2. The fraction of sp³-hybridized carbons (Fsp3) is 0.250. The van der Waals surface area contributed by atoms with Gasteiger partial charge in [0, 0.05) is 24.7 Å². The SMILES string of the molecule is CN(CCNc1ccccc1F)Cc1ccc(Cl)cc1. The van der Waals surface area contributed by atoms with E-state index in [1.54, 1.807) is 12.1 Å². The van der Waals surface area contributed by atoms with Crippen LogP contribution in [0.3, 0.4) is 0 Å². The van der Waals surface area contributed by atoms with Crippen LogP contribution in [0.2, 0.25) is 5.02 Å². The minimum Gasteiger partial charge on any atom is -0.381 e. The van der Waals surface area contributed by atoms with Gasteiger partial charge in [0.2, 0.25) is 0 Å². The highest BCUT2D eigenvalue weighted by molar-refractivity contribution is 6.30. The highest BCUT2D eigenvalue weighted by Gasteiger charge is 2.02. The summed E-state index contributed by atoms with van der Waals surface area (Å²) >= 11 is 5.86. The molecule has 0 radical (unpaired) electrons. The highest BCUT2D eigenvalue weighted by atomic mass is 35.5. The maximum absolute atomic E-state index is 13.4. The average Bonchev–Trinajstić information content (AvgIpc) is 2.43. The molecule has 2 aromatic rings. The van der Waals surface area contributed by atoms with Gasteiger partial charge in [-0.1, -0.05) is 35.9 Å². The second-order valence-electron chi connectivity index (χ2n) is 4.77. The predicted molar refractivity (Wildman–Crippen MR) is 82.7 cm³/mol. The van der Waals surface area contributed by atoms with Crippen molar-refractivity contribution >= 4 is 17.3 Å². The van der Waals surface area contributed by atoms with Crippen molar-refractivity contribution in [3.63, 3.8) is 0 Å². The first kappa shape index (κ1) is 14.8. The van der Waals surface area contributed by atoms with Gasteiger partial charge in [0.05, 0.1) is 5.69 Å². The molecule has 0 unspecified atom stereocenters. The van der Waals surface area contributed by atoms with Crippen LogP contribution in [0.25, 0.3) is 0 Å². The predicted octanol–water partition coefficient (Wildman–Crippen LogP) is 4.02. The molecule has 4 heteroatoms. The van der Waals surface area contributed by atoms with E-state index in [2.05, 4.69) is 10.2 Å². The molecule has 0 aromatic heterocycles. The Morgan fingerprint density at radius 3 is 2.50 bits per heavy atom. The third-order valence-electron chi connectivity index (χ3n) is 3.05. The minimum absolute atomic E-state index is 0.215. The Labute approximate surface area is 124 Å². The van der Waals surface area contributed by atoms with Crippen LogP contribution in [0.1, 0.15) is 5.56 Å². The third kappa shape index (κ3) is 4.51. The Bertz CT molecular complexity index is 542. The molecule has 0 amide bonds. The fourth-order valence-corrected chi connectivity index (χ4v) is 2.09. The van der Waals surface area contributed by atoms with Gasteiger partial charge in [-0.2, -0.15) is 0 Å². The van der Waals surface area contributed by atoms with Crippen LogP contribution in [0, 0.1) is 5.82 Å². The van der Waals surface area contributed by atoms with Crippen molar-refractivity contribution in [3.8, 4) is 0 Å². The van der Waals surface area contributed by atoms with Gasteiger partial charge in [0.15, 0.2) is 0 Å². The van der Waals surface area contributed by atoms with E-state index < -0.39 is 0 Å². The fourth-order valence-electron chi connectivity index (χ4n) is 1.97. The number of anilines is 1. The Kier molecular flexibility index (Phi) is 5.39. The molecule has 0 heterocycles. The summed E-state index contributed by atoms with van der Waals surface area (Å²) in [6, 6.07) is 14.5. The van der Waals surface area contributed by atoms with Crippen LogP contribution >= 0.6 is 11.6 Å². The molecular weight excluding hydrogens is 275 g/mol. The van der Waals surface area contributed by atoms with Gasteiger partial charge in [-0.25, -0.2) is 4.39 Å². The van der Waals surface area contributed by atoms with E-state index in [1.807, 2.05) is 37.4 Å².